The van der Waals surface area contributed by atoms with Crippen LogP contribution in [0.15, 0.2) is 24.3 Å². The van der Waals surface area contributed by atoms with E-state index in [1.165, 1.54) is 0 Å². The number of rotatable bonds is 3. The number of ketones is 1. The molecule has 3 heteroatoms. The average Bonchev–Trinajstić information content (AvgIpc) is 2.39. The molecule has 1 fully saturated rings. The lowest BCUT2D eigenvalue weighted by molar-refractivity contribution is -0.150. The summed E-state index contributed by atoms with van der Waals surface area (Å²) in [6.07, 6.45) is 1.55. The van der Waals surface area contributed by atoms with Crippen molar-refractivity contribution in [3.63, 3.8) is 0 Å². The molecular formula is C16H20O3. The number of esters is 1. The van der Waals surface area contributed by atoms with E-state index in [9.17, 15) is 9.59 Å². The molecule has 0 N–H and O–H groups in total. The molecule has 2 rings (SSSR count). The van der Waals surface area contributed by atoms with E-state index < -0.39 is 0 Å². The predicted octanol–water partition coefficient (Wildman–Crippen LogP) is 3.01. The maximum Gasteiger partial charge on any atom is 0.309 e. The molecule has 0 unspecified atom stereocenters. The monoisotopic (exact) mass is 260 g/mol. The van der Waals surface area contributed by atoms with Gasteiger partial charge in [0.1, 0.15) is 5.78 Å². The first-order chi connectivity index (χ1) is 9.13. The Hall–Kier alpha value is -1.64. The van der Waals surface area contributed by atoms with Crippen molar-refractivity contribution in [3.8, 4) is 0 Å². The van der Waals surface area contributed by atoms with Crippen LogP contribution in [0.1, 0.15) is 43.2 Å². The van der Waals surface area contributed by atoms with Crippen molar-refractivity contribution in [1.29, 1.82) is 0 Å². The number of carbonyl (C=O) groups excluding carboxylic acids is 2. The van der Waals surface area contributed by atoms with Crippen molar-refractivity contribution < 1.29 is 14.3 Å². The van der Waals surface area contributed by atoms with Crippen molar-refractivity contribution in [1.82, 2.24) is 0 Å². The Labute approximate surface area is 114 Å². The number of hydrogen-bond donors (Lipinski definition) is 0. The summed E-state index contributed by atoms with van der Waals surface area (Å²) in [4.78, 5) is 23.8. The van der Waals surface area contributed by atoms with Gasteiger partial charge in [-0.05, 0) is 31.4 Å². The van der Waals surface area contributed by atoms with Gasteiger partial charge in [-0.2, -0.15) is 0 Å². The molecule has 102 valence electrons. The van der Waals surface area contributed by atoms with E-state index in [1.807, 2.05) is 38.1 Å². The van der Waals surface area contributed by atoms with Gasteiger partial charge < -0.3 is 4.74 Å². The highest BCUT2D eigenvalue weighted by Crippen LogP contribution is 2.38. The minimum atomic E-state index is -0.182. The minimum absolute atomic E-state index is 0.0264. The first kappa shape index (κ1) is 13.8. The van der Waals surface area contributed by atoms with Gasteiger partial charge in [0.15, 0.2) is 0 Å². The maximum atomic E-state index is 12.1. The fourth-order valence-electron chi connectivity index (χ4n) is 2.87. The smallest absolute Gasteiger partial charge is 0.309 e. The number of Topliss-reactive ketones (excluding diaryl/α,β-unsaturated/α-hetero) is 1. The van der Waals surface area contributed by atoms with Gasteiger partial charge in [-0.15, -0.1) is 0 Å². The van der Waals surface area contributed by atoms with Crippen LogP contribution in [0, 0.1) is 12.8 Å². The van der Waals surface area contributed by atoms with Gasteiger partial charge in [0, 0.05) is 18.8 Å². The lowest BCUT2D eigenvalue weighted by Gasteiger charge is -2.30. The number of carbonyl (C=O) groups is 2. The third-order valence-corrected chi connectivity index (χ3v) is 3.84. The number of ether oxygens (including phenoxy) is 1. The summed E-state index contributed by atoms with van der Waals surface area (Å²) in [6, 6.07) is 7.98. The molecule has 2 atom stereocenters. The molecule has 0 aliphatic heterocycles. The highest BCUT2D eigenvalue weighted by atomic mass is 16.5. The Bertz CT molecular complexity index is 479. The van der Waals surface area contributed by atoms with Gasteiger partial charge in [0.2, 0.25) is 0 Å². The van der Waals surface area contributed by atoms with E-state index in [0.717, 1.165) is 11.1 Å². The van der Waals surface area contributed by atoms with E-state index in [0.29, 0.717) is 25.9 Å². The van der Waals surface area contributed by atoms with E-state index in [-0.39, 0.29) is 23.6 Å². The van der Waals surface area contributed by atoms with Gasteiger partial charge in [-0.25, -0.2) is 0 Å². The maximum absolute atomic E-state index is 12.1. The largest absolute Gasteiger partial charge is 0.466 e. The van der Waals surface area contributed by atoms with Crippen molar-refractivity contribution in [3.05, 3.63) is 35.4 Å². The van der Waals surface area contributed by atoms with Gasteiger partial charge in [0.25, 0.3) is 0 Å². The molecule has 1 aliphatic rings. The van der Waals surface area contributed by atoms with Crippen LogP contribution in [0.3, 0.4) is 0 Å². The third kappa shape index (κ3) is 3.03. The Morgan fingerprint density at radius 3 is 2.79 bits per heavy atom. The number of hydrogen-bond acceptors (Lipinski definition) is 3. The summed E-state index contributed by atoms with van der Waals surface area (Å²) in [6.45, 7) is 4.23. The van der Waals surface area contributed by atoms with Crippen LogP contribution in [0.5, 0.6) is 0 Å². The SMILES string of the molecule is CCOC(=O)[C@@H]1CCC(=O)C[C@H]1c1ccccc1C. The predicted molar refractivity (Wildman–Crippen MR) is 72.9 cm³/mol. The number of aryl methyl sites for hydroxylation is 1. The molecule has 0 radical (unpaired) electrons. The molecule has 1 aliphatic carbocycles. The van der Waals surface area contributed by atoms with Crippen LogP contribution in [-0.4, -0.2) is 18.4 Å². The van der Waals surface area contributed by atoms with Crippen LogP contribution < -0.4 is 0 Å². The van der Waals surface area contributed by atoms with Gasteiger partial charge >= 0.3 is 5.97 Å². The summed E-state index contributed by atoms with van der Waals surface area (Å²) in [5.41, 5.74) is 2.24. The van der Waals surface area contributed by atoms with E-state index in [4.69, 9.17) is 4.74 Å². The first-order valence-corrected chi connectivity index (χ1v) is 6.87. The van der Waals surface area contributed by atoms with Gasteiger partial charge in [-0.1, -0.05) is 24.3 Å². The molecular weight excluding hydrogens is 240 g/mol. The van der Waals surface area contributed by atoms with Crippen molar-refractivity contribution in [2.45, 2.75) is 39.0 Å². The molecule has 0 bridgehead atoms. The molecule has 0 amide bonds. The summed E-state index contributed by atoms with van der Waals surface area (Å²) < 4.78 is 5.16. The van der Waals surface area contributed by atoms with Crippen molar-refractivity contribution >= 4 is 11.8 Å². The fraction of sp³-hybridized carbons (Fsp3) is 0.500. The van der Waals surface area contributed by atoms with Crippen LogP contribution >= 0.6 is 0 Å². The zero-order valence-electron chi connectivity index (χ0n) is 11.5. The molecule has 0 saturated heterocycles. The fourth-order valence-corrected chi connectivity index (χ4v) is 2.87. The lowest BCUT2D eigenvalue weighted by atomic mass is 9.74. The van der Waals surface area contributed by atoms with Crippen LogP contribution in [0.4, 0.5) is 0 Å². The third-order valence-electron chi connectivity index (χ3n) is 3.84. The molecule has 1 saturated carbocycles. The van der Waals surface area contributed by atoms with Crippen LogP contribution in [-0.2, 0) is 14.3 Å². The van der Waals surface area contributed by atoms with Crippen molar-refractivity contribution in [2.24, 2.45) is 5.92 Å². The first-order valence-electron chi connectivity index (χ1n) is 6.87. The number of benzene rings is 1. The summed E-state index contributed by atoms with van der Waals surface area (Å²) >= 11 is 0. The zero-order valence-corrected chi connectivity index (χ0v) is 11.5. The highest BCUT2D eigenvalue weighted by Gasteiger charge is 2.36. The Morgan fingerprint density at radius 1 is 1.37 bits per heavy atom. The van der Waals surface area contributed by atoms with Gasteiger partial charge in [-0.3, -0.25) is 9.59 Å². The summed E-state index contributed by atoms with van der Waals surface area (Å²) in [5.74, 6) is -0.127. The highest BCUT2D eigenvalue weighted by molar-refractivity contribution is 5.84. The topological polar surface area (TPSA) is 43.4 Å². The molecule has 0 heterocycles. The molecule has 3 nitrogen and oxygen atoms in total. The molecule has 1 aromatic carbocycles. The summed E-state index contributed by atoms with van der Waals surface area (Å²) in [5, 5.41) is 0. The zero-order chi connectivity index (χ0) is 13.8. The molecule has 1 aromatic rings. The molecule has 0 spiro atoms. The van der Waals surface area contributed by atoms with E-state index >= 15 is 0 Å². The average molecular weight is 260 g/mol. The normalized spacial score (nSPS) is 23.2. The second-order valence-corrected chi connectivity index (χ2v) is 5.10. The van der Waals surface area contributed by atoms with Crippen LogP contribution in [0.2, 0.25) is 0 Å². The lowest BCUT2D eigenvalue weighted by Crippen LogP contribution is -2.31. The summed E-state index contributed by atoms with van der Waals surface area (Å²) in [7, 11) is 0. The minimum Gasteiger partial charge on any atom is -0.466 e. The van der Waals surface area contributed by atoms with Crippen LogP contribution in [0.25, 0.3) is 0 Å². The second-order valence-electron chi connectivity index (χ2n) is 5.10. The second kappa shape index (κ2) is 6.00. The Balaban J connectivity index is 2.29. The standard InChI is InChI=1S/C16H20O3/c1-3-19-16(18)14-9-8-12(17)10-15(14)13-7-5-4-6-11(13)2/h4-7,14-15H,3,8-10H2,1-2H3/t14-,15+/m1/s1. The van der Waals surface area contributed by atoms with Gasteiger partial charge in [0.05, 0.1) is 12.5 Å². The van der Waals surface area contributed by atoms with E-state index in [1.54, 1.807) is 0 Å². The van der Waals surface area contributed by atoms with Crippen molar-refractivity contribution in [2.75, 3.05) is 6.61 Å². The van der Waals surface area contributed by atoms with E-state index in [2.05, 4.69) is 0 Å². The Morgan fingerprint density at radius 2 is 2.11 bits per heavy atom. The Kier molecular flexibility index (Phi) is 4.35. The molecule has 19 heavy (non-hydrogen) atoms. The quantitative estimate of drug-likeness (QED) is 0.785. The molecule has 0 aromatic heterocycles.